The normalized spacial score (nSPS) is 11.6. The molecule has 0 aliphatic carbocycles. The van der Waals surface area contributed by atoms with Crippen molar-refractivity contribution < 1.29 is 24.5 Å². The number of alkyl carbamates (subject to hydrolysis) is 1. The van der Waals surface area contributed by atoms with Gasteiger partial charge in [-0.1, -0.05) is 12.1 Å². The van der Waals surface area contributed by atoms with Crippen molar-refractivity contribution in [1.29, 1.82) is 0 Å². The Balaban J connectivity index is 1.97. The minimum Gasteiger partial charge on any atom is -0.508 e. The molecule has 1 aromatic heterocycles. The average molecular weight is 292 g/mol. The summed E-state index contributed by atoms with van der Waals surface area (Å²) in [6, 6.07) is 4.16. The Morgan fingerprint density at radius 1 is 1.33 bits per heavy atom. The molecule has 9 nitrogen and oxygen atoms in total. The van der Waals surface area contributed by atoms with E-state index < -0.39 is 18.1 Å². The predicted octanol–water partition coefficient (Wildman–Crippen LogP) is 0.562. The van der Waals surface area contributed by atoms with Crippen LogP contribution in [0.25, 0.3) is 0 Å². The average Bonchev–Trinajstić information content (AvgIpc) is 2.97. The molecule has 0 bridgehead atoms. The molecule has 1 aromatic carbocycles. The second-order valence-corrected chi connectivity index (χ2v) is 4.04. The Labute approximate surface area is 118 Å². The highest BCUT2D eigenvalue weighted by Crippen LogP contribution is 2.17. The largest absolute Gasteiger partial charge is 0.508 e. The summed E-state index contributed by atoms with van der Waals surface area (Å²) >= 11 is 0. The fourth-order valence-electron chi connectivity index (χ4n) is 1.55. The summed E-state index contributed by atoms with van der Waals surface area (Å²) in [5.41, 5.74) is 0.709. The van der Waals surface area contributed by atoms with Gasteiger partial charge in [-0.25, -0.2) is 9.59 Å². The van der Waals surface area contributed by atoms with E-state index in [-0.39, 0.29) is 12.4 Å². The third-order valence-corrected chi connectivity index (χ3v) is 2.55. The van der Waals surface area contributed by atoms with Gasteiger partial charge in [-0.15, -0.1) is 0 Å². The maximum Gasteiger partial charge on any atom is 0.408 e. The first-order valence-corrected chi connectivity index (χ1v) is 5.86. The van der Waals surface area contributed by atoms with Crippen molar-refractivity contribution in [1.82, 2.24) is 20.7 Å². The van der Waals surface area contributed by atoms with Gasteiger partial charge in [0.15, 0.2) is 6.04 Å². The number of aromatic amines is 1. The number of carboxylic acids is 1. The lowest BCUT2D eigenvalue weighted by Crippen LogP contribution is -2.34. The number of nitrogens with one attached hydrogen (secondary N) is 2. The smallest absolute Gasteiger partial charge is 0.408 e. The number of carbonyl (C=O) groups excluding carboxylic acids is 1. The van der Waals surface area contributed by atoms with Crippen LogP contribution >= 0.6 is 0 Å². The molecule has 2 rings (SSSR count). The SMILES string of the molecule is O=C(N[C@@H](C(=O)O)c1ccc(O)cc1)OCc1cn[nH]n1. The third-order valence-electron chi connectivity index (χ3n) is 2.55. The number of hydrogen-bond donors (Lipinski definition) is 4. The minimum atomic E-state index is -1.28. The number of phenols is 1. The molecule has 0 radical (unpaired) electrons. The van der Waals surface area contributed by atoms with Crippen molar-refractivity contribution in [2.45, 2.75) is 12.6 Å². The van der Waals surface area contributed by atoms with Crippen LogP contribution in [-0.4, -0.2) is 37.7 Å². The van der Waals surface area contributed by atoms with Crippen molar-refractivity contribution >= 4 is 12.1 Å². The summed E-state index contributed by atoms with van der Waals surface area (Å²) < 4.78 is 4.83. The van der Waals surface area contributed by atoms with Crippen LogP contribution in [-0.2, 0) is 16.1 Å². The predicted molar refractivity (Wildman–Crippen MR) is 68.2 cm³/mol. The number of carboxylic acid groups (broad SMARTS) is 1. The topological polar surface area (TPSA) is 137 Å². The molecular formula is C12H12N4O5. The number of phenolic OH excluding ortho intramolecular Hbond substituents is 1. The van der Waals surface area contributed by atoms with Crippen LogP contribution in [0.5, 0.6) is 5.75 Å². The standard InChI is InChI=1S/C12H12N4O5/c17-9-3-1-7(2-4-9)10(11(18)19)14-12(20)21-6-8-5-13-16-15-8/h1-5,10,17H,6H2,(H,14,20)(H,18,19)(H,13,15,16)/t10-/m1/s1. The Morgan fingerprint density at radius 3 is 2.62 bits per heavy atom. The van der Waals surface area contributed by atoms with Crippen LogP contribution in [0.4, 0.5) is 4.79 Å². The Hall–Kier alpha value is -3.10. The van der Waals surface area contributed by atoms with E-state index in [4.69, 9.17) is 9.84 Å². The van der Waals surface area contributed by atoms with Gasteiger partial charge < -0.3 is 20.3 Å². The highest BCUT2D eigenvalue weighted by molar-refractivity contribution is 5.81. The van der Waals surface area contributed by atoms with E-state index in [1.807, 2.05) is 0 Å². The van der Waals surface area contributed by atoms with E-state index in [1.165, 1.54) is 30.5 Å². The summed E-state index contributed by atoms with van der Waals surface area (Å²) in [7, 11) is 0. The number of rotatable bonds is 5. The Kier molecular flexibility index (Phi) is 4.34. The lowest BCUT2D eigenvalue weighted by molar-refractivity contribution is -0.139. The molecule has 0 aliphatic heterocycles. The maximum atomic E-state index is 11.6. The molecular weight excluding hydrogens is 280 g/mol. The summed E-state index contributed by atoms with van der Waals surface area (Å²) in [5, 5.41) is 30.1. The van der Waals surface area contributed by atoms with E-state index in [9.17, 15) is 14.7 Å². The second-order valence-electron chi connectivity index (χ2n) is 4.04. The molecule has 1 amide bonds. The minimum absolute atomic E-state index is 0.00324. The van der Waals surface area contributed by atoms with Gasteiger partial charge in [0.2, 0.25) is 0 Å². The summed E-state index contributed by atoms with van der Waals surface area (Å²) in [6.45, 7) is -0.135. The lowest BCUT2D eigenvalue weighted by Gasteiger charge is -2.14. The molecule has 1 atom stereocenters. The number of hydrogen-bond acceptors (Lipinski definition) is 6. The summed E-state index contributed by atoms with van der Waals surface area (Å²) in [4.78, 5) is 22.8. The number of carbonyl (C=O) groups is 2. The van der Waals surface area contributed by atoms with Crippen LogP contribution in [0, 0.1) is 0 Å². The van der Waals surface area contributed by atoms with Crippen LogP contribution in [0.15, 0.2) is 30.5 Å². The van der Waals surface area contributed by atoms with Crippen molar-refractivity contribution in [2.75, 3.05) is 0 Å². The molecule has 0 spiro atoms. The zero-order valence-corrected chi connectivity index (χ0v) is 10.7. The van der Waals surface area contributed by atoms with Gasteiger partial charge in [-0.3, -0.25) is 0 Å². The molecule has 0 saturated carbocycles. The summed E-state index contributed by atoms with van der Waals surface area (Å²) in [6.07, 6.45) is 0.473. The number of H-pyrrole nitrogens is 1. The number of nitrogens with zero attached hydrogens (tertiary/aromatic N) is 2. The molecule has 0 aliphatic rings. The molecule has 0 saturated heterocycles. The number of amides is 1. The van der Waals surface area contributed by atoms with E-state index in [0.29, 0.717) is 11.3 Å². The van der Waals surface area contributed by atoms with Gasteiger partial charge in [0.25, 0.3) is 0 Å². The monoisotopic (exact) mass is 292 g/mol. The maximum absolute atomic E-state index is 11.6. The molecule has 0 fully saturated rings. The van der Waals surface area contributed by atoms with E-state index in [1.54, 1.807) is 0 Å². The van der Waals surface area contributed by atoms with Gasteiger partial charge >= 0.3 is 12.1 Å². The molecule has 9 heteroatoms. The molecule has 110 valence electrons. The highest BCUT2D eigenvalue weighted by atomic mass is 16.5. The van der Waals surface area contributed by atoms with Gasteiger partial charge in [0, 0.05) is 0 Å². The van der Waals surface area contributed by atoms with Crippen LogP contribution in [0.3, 0.4) is 0 Å². The van der Waals surface area contributed by atoms with E-state index >= 15 is 0 Å². The zero-order valence-electron chi connectivity index (χ0n) is 10.7. The zero-order chi connectivity index (χ0) is 15.2. The number of aromatic nitrogens is 3. The van der Waals surface area contributed by atoms with Crippen molar-refractivity contribution in [3.63, 3.8) is 0 Å². The quantitative estimate of drug-likeness (QED) is 0.631. The fourth-order valence-corrected chi connectivity index (χ4v) is 1.55. The van der Waals surface area contributed by atoms with E-state index in [0.717, 1.165) is 0 Å². The molecule has 4 N–H and O–H groups in total. The van der Waals surface area contributed by atoms with Gasteiger partial charge in [0.1, 0.15) is 18.1 Å². The van der Waals surface area contributed by atoms with Crippen molar-refractivity contribution in [3.05, 3.63) is 41.7 Å². The van der Waals surface area contributed by atoms with Crippen LogP contribution in [0.1, 0.15) is 17.3 Å². The first-order valence-electron chi connectivity index (χ1n) is 5.86. The molecule has 21 heavy (non-hydrogen) atoms. The molecule has 1 heterocycles. The number of ether oxygens (including phenoxy) is 1. The highest BCUT2D eigenvalue weighted by Gasteiger charge is 2.22. The third kappa shape index (κ3) is 3.93. The van der Waals surface area contributed by atoms with E-state index in [2.05, 4.69) is 20.7 Å². The lowest BCUT2D eigenvalue weighted by atomic mass is 10.1. The number of aliphatic carboxylic acids is 1. The van der Waals surface area contributed by atoms with Crippen LogP contribution in [0.2, 0.25) is 0 Å². The van der Waals surface area contributed by atoms with Gasteiger partial charge in [0.05, 0.1) is 6.20 Å². The van der Waals surface area contributed by atoms with Crippen molar-refractivity contribution in [2.24, 2.45) is 0 Å². The molecule has 0 unspecified atom stereocenters. The second kappa shape index (κ2) is 6.37. The number of benzene rings is 1. The van der Waals surface area contributed by atoms with Gasteiger partial charge in [-0.2, -0.15) is 15.4 Å². The first-order chi connectivity index (χ1) is 10.1. The Morgan fingerprint density at radius 2 is 2.05 bits per heavy atom. The Bertz CT molecular complexity index is 611. The van der Waals surface area contributed by atoms with Gasteiger partial charge in [-0.05, 0) is 17.7 Å². The molecule has 2 aromatic rings. The summed E-state index contributed by atoms with van der Waals surface area (Å²) in [5.74, 6) is -1.25. The number of aromatic hydroxyl groups is 1. The first kappa shape index (κ1) is 14.3. The van der Waals surface area contributed by atoms with Crippen LogP contribution < -0.4 is 5.32 Å². The van der Waals surface area contributed by atoms with Crippen molar-refractivity contribution in [3.8, 4) is 5.75 Å². The fraction of sp³-hybridized carbons (Fsp3) is 0.167.